The predicted molar refractivity (Wildman–Crippen MR) is 247 cm³/mol. The first-order chi connectivity index (χ1) is 27.9. The zero-order chi connectivity index (χ0) is 41.8. The summed E-state index contributed by atoms with van der Waals surface area (Å²) in [6.07, 6.45) is 45.3. The van der Waals surface area contributed by atoms with Crippen molar-refractivity contribution < 1.29 is 23.8 Å². The lowest BCUT2D eigenvalue weighted by Gasteiger charge is -2.33. The van der Waals surface area contributed by atoms with Gasteiger partial charge in [-0.1, -0.05) is 139 Å². The van der Waals surface area contributed by atoms with Crippen LogP contribution in [0.2, 0.25) is 0 Å². The molecule has 0 fully saturated rings. The lowest BCUT2D eigenvalue weighted by atomic mass is 10.0. The van der Waals surface area contributed by atoms with Crippen molar-refractivity contribution in [1.29, 1.82) is 0 Å². The third-order valence-corrected chi connectivity index (χ3v) is 10.6. The normalized spacial score (nSPS) is 12.4. The molecule has 0 radical (unpaired) electrons. The van der Waals surface area contributed by atoms with E-state index in [9.17, 15) is 9.59 Å². The molecule has 0 aromatic heterocycles. The average molecular weight is 820 g/mol. The van der Waals surface area contributed by atoms with E-state index in [4.69, 9.17) is 14.2 Å². The highest BCUT2D eigenvalue weighted by Gasteiger charge is 2.33. The second-order valence-electron chi connectivity index (χ2n) is 15.8. The molecule has 0 aliphatic rings. The number of hydrogen-bond donors (Lipinski definition) is 2. The monoisotopic (exact) mass is 820 g/mol. The summed E-state index contributed by atoms with van der Waals surface area (Å²) in [6, 6.07) is 0. The van der Waals surface area contributed by atoms with Gasteiger partial charge >= 0.3 is 11.9 Å². The molecule has 0 unspecified atom stereocenters. The van der Waals surface area contributed by atoms with Crippen LogP contribution in [0.15, 0.2) is 48.6 Å². The number of unbranched alkanes of at least 4 members (excludes halogenated alkanes) is 16. The maximum Gasteiger partial charge on any atom is 0.305 e. The Morgan fingerprint density at radius 3 is 1.44 bits per heavy atom. The van der Waals surface area contributed by atoms with Crippen molar-refractivity contribution in [2.75, 3.05) is 66.4 Å². The second-order valence-corrected chi connectivity index (χ2v) is 16.8. The number of nitrogens with zero attached hydrogens (tertiary/aromatic N) is 1. The first-order valence-electron chi connectivity index (χ1n) is 23.0. The smallest absolute Gasteiger partial charge is 0.305 e. The lowest BCUT2D eigenvalue weighted by Crippen LogP contribution is -2.57. The highest BCUT2D eigenvalue weighted by molar-refractivity contribution is 7.97. The first-order valence-corrected chi connectivity index (χ1v) is 24.0. The van der Waals surface area contributed by atoms with Gasteiger partial charge in [-0.2, -0.15) is 0 Å². The van der Waals surface area contributed by atoms with Gasteiger partial charge in [-0.25, -0.2) is 0 Å². The Balaban J connectivity index is 4.57. The molecule has 0 spiro atoms. The van der Waals surface area contributed by atoms with Crippen LogP contribution in [-0.4, -0.2) is 88.8 Å². The van der Waals surface area contributed by atoms with Crippen LogP contribution in [-0.2, 0) is 23.8 Å². The third kappa shape index (κ3) is 40.6. The predicted octanol–water partition coefficient (Wildman–Crippen LogP) is 11.9. The molecule has 0 atom stereocenters. The molecule has 0 saturated heterocycles. The molecule has 0 heterocycles. The Labute approximate surface area is 356 Å². The summed E-state index contributed by atoms with van der Waals surface area (Å²) in [5.41, 5.74) is -0.803. The summed E-state index contributed by atoms with van der Waals surface area (Å²) in [7, 11) is 5.80. The highest BCUT2D eigenvalue weighted by Crippen LogP contribution is 2.14. The van der Waals surface area contributed by atoms with Crippen molar-refractivity contribution in [2.45, 2.75) is 180 Å². The van der Waals surface area contributed by atoms with Crippen LogP contribution in [0.5, 0.6) is 0 Å². The summed E-state index contributed by atoms with van der Waals surface area (Å²) in [6.45, 7) is 7.57. The molecule has 0 aromatic carbocycles. The van der Waals surface area contributed by atoms with Crippen LogP contribution in [0.4, 0.5) is 0 Å². The summed E-state index contributed by atoms with van der Waals surface area (Å²) < 4.78 is 20.6. The average Bonchev–Trinajstić information content (AvgIpc) is 3.20. The van der Waals surface area contributed by atoms with Crippen LogP contribution in [0, 0.1) is 0 Å². The molecule has 0 bridgehead atoms. The molecular formula is C48H89N3O5S. The second kappa shape index (κ2) is 43.7. The Morgan fingerprint density at radius 2 is 1.00 bits per heavy atom. The zero-order valence-corrected chi connectivity index (χ0v) is 38.5. The fourth-order valence-corrected chi connectivity index (χ4v) is 6.91. The minimum Gasteiger partial charge on any atom is -0.463 e. The minimum atomic E-state index is -0.803. The molecule has 8 nitrogen and oxygen atoms in total. The number of allylic oxidation sites excluding steroid dienone is 8. The molecule has 0 rings (SSSR count). The van der Waals surface area contributed by atoms with E-state index >= 15 is 0 Å². The van der Waals surface area contributed by atoms with Crippen molar-refractivity contribution in [3.63, 3.8) is 0 Å². The van der Waals surface area contributed by atoms with Gasteiger partial charge in [-0.15, -0.1) is 0 Å². The molecule has 0 aromatic rings. The third-order valence-electron chi connectivity index (χ3n) is 9.79. The number of carbonyl (C=O) groups is 2. The Bertz CT molecular complexity index is 954. The number of methoxy groups -OCH3 is 1. The van der Waals surface area contributed by atoms with Gasteiger partial charge in [-0.3, -0.25) is 14.3 Å². The molecule has 0 amide bonds. The fraction of sp³-hybridized carbons (Fsp3) is 0.792. The zero-order valence-electron chi connectivity index (χ0n) is 37.6. The SMILES string of the molecule is CCCCC/C=C\C/C=C\CCCCCCCC(=O)OCC(COC)(COC(=O)CCCCCCC/C=C\C/C=C\CCCCC)NCCSNCCCN(C)C. The van der Waals surface area contributed by atoms with Crippen molar-refractivity contribution >= 4 is 23.9 Å². The van der Waals surface area contributed by atoms with E-state index in [-0.39, 0.29) is 31.8 Å². The van der Waals surface area contributed by atoms with Crippen LogP contribution in [0.1, 0.15) is 174 Å². The largest absolute Gasteiger partial charge is 0.463 e. The molecule has 0 aliphatic carbocycles. The van der Waals surface area contributed by atoms with Gasteiger partial charge in [0.2, 0.25) is 0 Å². The maximum absolute atomic E-state index is 12.8. The van der Waals surface area contributed by atoms with Gasteiger partial charge in [0.1, 0.15) is 18.8 Å². The van der Waals surface area contributed by atoms with Crippen LogP contribution in [0.25, 0.3) is 0 Å². The van der Waals surface area contributed by atoms with Crippen molar-refractivity contribution in [2.24, 2.45) is 0 Å². The van der Waals surface area contributed by atoms with Crippen molar-refractivity contribution in [3.8, 4) is 0 Å². The Hall–Kier alpha value is -1.91. The summed E-state index contributed by atoms with van der Waals surface area (Å²) in [4.78, 5) is 27.8. The topological polar surface area (TPSA) is 89.1 Å². The van der Waals surface area contributed by atoms with Gasteiger partial charge in [0.25, 0.3) is 0 Å². The van der Waals surface area contributed by atoms with E-state index in [1.54, 1.807) is 19.1 Å². The van der Waals surface area contributed by atoms with Gasteiger partial charge in [0.15, 0.2) is 0 Å². The van der Waals surface area contributed by atoms with E-state index in [0.717, 1.165) is 89.5 Å². The number of carbonyl (C=O) groups excluding carboxylic acids is 2. The standard InChI is InChI=1S/C48H89N3O5S/c1-6-8-10-12-14-16-18-20-22-24-26-28-30-32-34-37-46(52)55-44-48(43-54-5,49-40-42-57-50-39-36-41-51(3)4)45-56-47(53)38-35-33-31-29-27-25-23-21-19-17-15-13-11-9-7-2/h14-17,20-23,49-50H,6-13,18-19,24-45H2,1-5H3/b16-14-,17-15-,22-20-,23-21-. The van der Waals surface area contributed by atoms with Gasteiger partial charge in [-0.05, 0) is 104 Å². The van der Waals surface area contributed by atoms with E-state index in [0.29, 0.717) is 19.4 Å². The van der Waals surface area contributed by atoms with E-state index < -0.39 is 5.54 Å². The number of rotatable bonds is 43. The van der Waals surface area contributed by atoms with Crippen LogP contribution in [0.3, 0.4) is 0 Å². The molecule has 0 saturated carbocycles. The summed E-state index contributed by atoms with van der Waals surface area (Å²) >= 11 is 1.67. The fourth-order valence-electron chi connectivity index (χ4n) is 6.28. The lowest BCUT2D eigenvalue weighted by molar-refractivity contribution is -0.153. The molecular weight excluding hydrogens is 731 g/mol. The van der Waals surface area contributed by atoms with Gasteiger partial charge in [0.05, 0.1) is 6.61 Å². The van der Waals surface area contributed by atoms with Crippen molar-refractivity contribution in [1.82, 2.24) is 14.9 Å². The summed E-state index contributed by atoms with van der Waals surface area (Å²) in [5, 5.41) is 3.53. The number of esters is 2. The Morgan fingerprint density at radius 1 is 0.561 bits per heavy atom. The van der Waals surface area contributed by atoms with E-state index in [2.05, 4.69) is 91.5 Å². The number of ether oxygens (including phenoxy) is 3. The molecule has 57 heavy (non-hydrogen) atoms. The van der Waals surface area contributed by atoms with Crippen LogP contribution < -0.4 is 10.0 Å². The van der Waals surface area contributed by atoms with E-state index in [1.165, 1.54) is 77.0 Å². The van der Waals surface area contributed by atoms with Gasteiger partial charge in [0, 0.05) is 38.8 Å². The number of nitrogens with one attached hydrogen (secondary N) is 2. The molecule has 0 aliphatic heterocycles. The quantitative estimate of drug-likeness (QED) is 0.0270. The molecule has 9 heteroatoms. The maximum atomic E-state index is 12.8. The van der Waals surface area contributed by atoms with Gasteiger partial charge < -0.3 is 24.4 Å². The van der Waals surface area contributed by atoms with Crippen molar-refractivity contribution in [3.05, 3.63) is 48.6 Å². The highest BCUT2D eigenvalue weighted by atomic mass is 32.2. The van der Waals surface area contributed by atoms with E-state index in [1.807, 2.05) is 0 Å². The minimum absolute atomic E-state index is 0.0951. The Kier molecular flexibility index (Phi) is 42.2. The molecule has 332 valence electrons. The first kappa shape index (κ1) is 55.1. The molecule has 2 N–H and O–H groups in total. The number of hydrogen-bond acceptors (Lipinski definition) is 9. The van der Waals surface area contributed by atoms with Crippen LogP contribution >= 0.6 is 11.9 Å². The summed E-state index contributed by atoms with van der Waals surface area (Å²) in [5.74, 6) is 0.389.